The van der Waals surface area contributed by atoms with E-state index in [0.717, 1.165) is 71.3 Å². The van der Waals surface area contributed by atoms with Crippen molar-refractivity contribution in [2.24, 2.45) is 0 Å². The van der Waals surface area contributed by atoms with Gasteiger partial charge in [0, 0.05) is 48.6 Å². The van der Waals surface area contributed by atoms with E-state index in [2.05, 4.69) is 11.8 Å². The summed E-state index contributed by atoms with van der Waals surface area (Å²) >= 11 is 0. The van der Waals surface area contributed by atoms with Gasteiger partial charge in [0.1, 0.15) is 11.6 Å². The fourth-order valence-electron chi connectivity index (χ4n) is 6.79. The minimum absolute atomic E-state index is 0.0886. The number of aryl methyl sites for hydroxylation is 1. The lowest BCUT2D eigenvalue weighted by Crippen LogP contribution is -2.45. The maximum absolute atomic E-state index is 14.5. The maximum Gasteiger partial charge on any atom is 0.337 e. The van der Waals surface area contributed by atoms with E-state index in [4.69, 9.17) is 19.3 Å². The first-order valence-electron chi connectivity index (χ1n) is 16.7. The molecule has 0 radical (unpaired) electrons. The lowest BCUT2D eigenvalue weighted by atomic mass is 9.91. The van der Waals surface area contributed by atoms with E-state index >= 15 is 0 Å². The van der Waals surface area contributed by atoms with Crippen molar-refractivity contribution in [1.82, 2.24) is 9.61 Å². The van der Waals surface area contributed by atoms with Gasteiger partial charge < -0.3 is 24.2 Å². The van der Waals surface area contributed by atoms with Crippen LogP contribution >= 0.6 is 0 Å². The number of anilines is 1. The third-order valence-electron chi connectivity index (χ3n) is 9.27. The van der Waals surface area contributed by atoms with E-state index in [-0.39, 0.29) is 17.5 Å². The average Bonchev–Trinajstić information content (AvgIpc) is 3.43. The molecule has 3 aliphatic heterocycles. The van der Waals surface area contributed by atoms with Crippen LogP contribution in [0.5, 0.6) is 5.75 Å². The Morgan fingerprint density at radius 3 is 2.57 bits per heavy atom. The quantitative estimate of drug-likeness (QED) is 0.240. The van der Waals surface area contributed by atoms with Crippen LogP contribution in [0.4, 0.5) is 10.1 Å². The molecule has 1 N–H and O–H groups in total. The van der Waals surface area contributed by atoms with E-state index in [1.165, 1.54) is 12.1 Å². The monoisotopic (exact) mass is 643 g/mol. The second-order valence-corrected chi connectivity index (χ2v) is 14.3. The molecule has 250 valence electrons. The van der Waals surface area contributed by atoms with Gasteiger partial charge in [-0.05, 0) is 109 Å². The Labute approximate surface area is 276 Å². The van der Waals surface area contributed by atoms with Crippen molar-refractivity contribution < 1.29 is 28.5 Å². The van der Waals surface area contributed by atoms with E-state index in [0.29, 0.717) is 31.0 Å². The van der Waals surface area contributed by atoms with Gasteiger partial charge in [0.15, 0.2) is 6.10 Å². The van der Waals surface area contributed by atoms with Gasteiger partial charge >= 0.3 is 5.97 Å². The van der Waals surface area contributed by atoms with Gasteiger partial charge in [0.25, 0.3) is 0 Å². The minimum atomic E-state index is -1.16. The largest absolute Gasteiger partial charge is 0.490 e. The van der Waals surface area contributed by atoms with E-state index in [1.807, 2.05) is 75.7 Å². The zero-order valence-corrected chi connectivity index (χ0v) is 28.3. The molecule has 2 aromatic carbocycles. The van der Waals surface area contributed by atoms with Crippen LogP contribution in [-0.4, -0.2) is 57.7 Å². The molecule has 0 spiro atoms. The molecule has 0 aliphatic carbocycles. The van der Waals surface area contributed by atoms with Gasteiger partial charge in [-0.3, -0.25) is 0 Å². The van der Waals surface area contributed by atoms with Crippen LogP contribution in [0.1, 0.15) is 84.0 Å². The lowest BCUT2D eigenvalue weighted by molar-refractivity contribution is -0.160. The van der Waals surface area contributed by atoms with Crippen LogP contribution in [0.15, 0.2) is 54.7 Å². The Morgan fingerprint density at radius 1 is 1.11 bits per heavy atom. The van der Waals surface area contributed by atoms with Gasteiger partial charge in [-0.2, -0.15) is 5.10 Å². The summed E-state index contributed by atoms with van der Waals surface area (Å²) in [6, 6.07) is 14.7. The van der Waals surface area contributed by atoms with Crippen LogP contribution in [0.2, 0.25) is 0 Å². The molecule has 2 aromatic heterocycles. The van der Waals surface area contributed by atoms with Crippen molar-refractivity contribution in [3.8, 4) is 28.1 Å². The smallest absolute Gasteiger partial charge is 0.337 e. The number of carbonyl (C=O) groups is 1. The first-order chi connectivity index (χ1) is 22.3. The van der Waals surface area contributed by atoms with Crippen LogP contribution in [0.25, 0.3) is 27.9 Å². The Hall–Kier alpha value is -3.95. The number of nitrogens with zero attached hydrogens (tertiary/aromatic N) is 3. The van der Waals surface area contributed by atoms with Crippen LogP contribution in [0, 0.1) is 12.7 Å². The lowest BCUT2D eigenvalue weighted by Gasteiger charge is -2.42. The maximum atomic E-state index is 14.5. The van der Waals surface area contributed by atoms with Gasteiger partial charge in [0.05, 0.1) is 34.2 Å². The van der Waals surface area contributed by atoms with Crippen molar-refractivity contribution in [2.45, 2.75) is 97.1 Å². The van der Waals surface area contributed by atoms with Crippen LogP contribution in [0.3, 0.4) is 0 Å². The SMILES string of the molecule is Cc1cn2nc3cc2c(c1C(OC(C)(C)C)C(=O)O)N1CCC(C)(CC1)OCCCCC(C)Oc1cc(F)ccc1-c1cccc-3c1. The molecule has 8 nitrogen and oxygen atoms in total. The predicted octanol–water partition coefficient (Wildman–Crippen LogP) is 8.38. The minimum Gasteiger partial charge on any atom is -0.490 e. The summed E-state index contributed by atoms with van der Waals surface area (Å²) in [4.78, 5) is 15.1. The molecule has 2 atom stereocenters. The second kappa shape index (κ2) is 12.9. The standard InChI is InChI=1S/C38H46FN3O5/c1-24-23-42-31-22-30(40-42)27-12-9-11-26(20-27)29-14-13-28(39)21-32(29)46-25(2)10-7-8-19-45-38(6)15-17-41(18-16-38)34(31)33(24)35(36(43)44)47-37(3,4)5/h9,11-14,20-23,25,35H,7-8,10,15-19H2,1-6H3,(H,43,44). The van der Waals surface area contributed by atoms with Gasteiger partial charge in [-0.1, -0.05) is 18.2 Å². The molecular formula is C38H46FN3O5. The van der Waals surface area contributed by atoms with Crippen molar-refractivity contribution in [3.05, 3.63) is 71.7 Å². The number of piperidine rings is 1. The molecule has 0 saturated carbocycles. The Morgan fingerprint density at radius 2 is 1.85 bits per heavy atom. The molecule has 4 aromatic rings. The number of carboxylic acid groups (broad SMARTS) is 1. The third kappa shape index (κ3) is 7.16. The number of hydrogen-bond donors (Lipinski definition) is 1. The van der Waals surface area contributed by atoms with Crippen molar-refractivity contribution >= 4 is 17.2 Å². The van der Waals surface area contributed by atoms with E-state index < -0.39 is 17.7 Å². The molecular weight excluding hydrogens is 597 g/mol. The summed E-state index contributed by atoms with van der Waals surface area (Å²) in [5, 5.41) is 15.5. The number of rotatable bonds is 3. The van der Waals surface area contributed by atoms with E-state index in [1.54, 1.807) is 6.07 Å². The molecule has 3 aliphatic rings. The summed E-state index contributed by atoms with van der Waals surface area (Å²) in [5.41, 5.74) is 5.44. The number of hydrogen-bond acceptors (Lipinski definition) is 6. The number of ether oxygens (including phenoxy) is 3. The summed E-state index contributed by atoms with van der Waals surface area (Å²) in [6.07, 6.45) is 4.90. The molecule has 7 rings (SSSR count). The number of benzene rings is 2. The molecule has 1 saturated heterocycles. The van der Waals surface area contributed by atoms with Crippen molar-refractivity contribution in [3.63, 3.8) is 0 Å². The highest BCUT2D eigenvalue weighted by atomic mass is 19.1. The fraction of sp³-hybridized carbons (Fsp3) is 0.474. The van der Waals surface area contributed by atoms with Gasteiger partial charge in [0.2, 0.25) is 0 Å². The molecule has 2 unspecified atom stereocenters. The summed E-state index contributed by atoms with van der Waals surface area (Å²) < 4.78 is 35.4. The fourth-order valence-corrected chi connectivity index (χ4v) is 6.79. The topological polar surface area (TPSA) is 85.5 Å². The summed E-state index contributed by atoms with van der Waals surface area (Å²) in [7, 11) is 0. The van der Waals surface area contributed by atoms with Crippen LogP contribution < -0.4 is 9.64 Å². The van der Waals surface area contributed by atoms with E-state index in [9.17, 15) is 14.3 Å². The molecule has 5 heterocycles. The van der Waals surface area contributed by atoms with Gasteiger partial charge in [-0.25, -0.2) is 13.7 Å². The zero-order valence-electron chi connectivity index (χ0n) is 28.3. The molecule has 6 bridgehead atoms. The van der Waals surface area contributed by atoms with Crippen molar-refractivity contribution in [1.29, 1.82) is 0 Å². The van der Waals surface area contributed by atoms with Crippen LogP contribution in [-0.2, 0) is 14.3 Å². The molecule has 9 heteroatoms. The average molecular weight is 644 g/mol. The first kappa shape index (κ1) is 33.0. The molecule has 0 amide bonds. The number of fused-ring (bicyclic) bond motifs is 8. The second-order valence-electron chi connectivity index (χ2n) is 14.3. The number of carboxylic acids is 1. The highest BCUT2D eigenvalue weighted by molar-refractivity contribution is 5.87. The van der Waals surface area contributed by atoms with Crippen molar-refractivity contribution in [2.75, 3.05) is 24.6 Å². The Balaban J connectivity index is 1.53. The Kier molecular flexibility index (Phi) is 9.06. The predicted molar refractivity (Wildman–Crippen MR) is 182 cm³/mol. The third-order valence-corrected chi connectivity index (χ3v) is 9.27. The molecule has 1 fully saturated rings. The highest BCUT2D eigenvalue weighted by Crippen LogP contribution is 2.42. The summed E-state index contributed by atoms with van der Waals surface area (Å²) in [5.74, 6) is -0.865. The number of pyridine rings is 1. The summed E-state index contributed by atoms with van der Waals surface area (Å²) in [6.45, 7) is 13.8. The van der Waals surface area contributed by atoms with Gasteiger partial charge in [-0.15, -0.1) is 0 Å². The highest BCUT2D eigenvalue weighted by Gasteiger charge is 2.37. The normalized spacial score (nSPS) is 21.3. The number of aliphatic carboxylic acids is 1. The number of aromatic nitrogens is 2. The number of halogens is 1. The molecule has 47 heavy (non-hydrogen) atoms. The first-order valence-corrected chi connectivity index (χ1v) is 16.7. The zero-order chi connectivity index (χ0) is 33.5. The Bertz CT molecular complexity index is 1770.